The molecule has 4 heteroatoms. The number of nitrogens with one attached hydrogen (secondary N) is 1. The summed E-state index contributed by atoms with van der Waals surface area (Å²) >= 11 is 0. The molecule has 0 unspecified atom stereocenters. The monoisotopic (exact) mass is 466 g/mol. The van der Waals surface area contributed by atoms with Crippen LogP contribution in [0.5, 0.6) is 0 Å². The topological polar surface area (TPSA) is 54.3 Å². The molecule has 0 aliphatic heterocycles. The molecule has 0 spiro atoms. The number of hydrogen-bond acceptors (Lipinski definition) is 2. The van der Waals surface area contributed by atoms with Crippen molar-refractivity contribution in [1.29, 1.82) is 0 Å². The molecule has 1 aromatic heterocycles. The van der Waals surface area contributed by atoms with Gasteiger partial charge < -0.3 is 15.0 Å². The summed E-state index contributed by atoms with van der Waals surface area (Å²) < 4.78 is 2.39. The fraction of sp³-hybridized carbons (Fsp3) is 0.633. The number of benzene rings is 1. The third-order valence-electron chi connectivity index (χ3n) is 7.30. The van der Waals surface area contributed by atoms with Crippen LogP contribution < -0.4 is 5.32 Å². The zero-order chi connectivity index (χ0) is 25.3. The van der Waals surface area contributed by atoms with E-state index in [1.165, 1.54) is 48.8 Å². The van der Waals surface area contributed by atoms with Gasteiger partial charge in [-0.3, -0.25) is 4.79 Å². The molecule has 0 bridgehead atoms. The molecule has 1 amide bonds. The van der Waals surface area contributed by atoms with E-state index in [0.29, 0.717) is 11.5 Å². The molecule has 1 atom stereocenters. The van der Waals surface area contributed by atoms with Gasteiger partial charge in [0.25, 0.3) is 5.91 Å². The summed E-state index contributed by atoms with van der Waals surface area (Å²) in [6.07, 6.45) is 5.90. The fourth-order valence-corrected chi connectivity index (χ4v) is 4.95. The molecule has 2 N–H and O–H groups in total. The first-order chi connectivity index (χ1) is 15.8. The highest BCUT2D eigenvalue weighted by Crippen LogP contribution is 2.36. The zero-order valence-corrected chi connectivity index (χ0v) is 22.7. The van der Waals surface area contributed by atoms with Crippen molar-refractivity contribution in [3.63, 3.8) is 0 Å². The molecule has 1 fully saturated rings. The molecule has 1 heterocycles. The van der Waals surface area contributed by atoms with E-state index >= 15 is 0 Å². The van der Waals surface area contributed by atoms with Crippen LogP contribution in [0, 0.1) is 12.8 Å². The quantitative estimate of drug-likeness (QED) is 0.495. The van der Waals surface area contributed by atoms with E-state index in [9.17, 15) is 9.90 Å². The number of rotatable bonds is 6. The van der Waals surface area contributed by atoms with Gasteiger partial charge in [-0.25, -0.2) is 0 Å². The largest absolute Gasteiger partial charge is 0.392 e. The summed E-state index contributed by atoms with van der Waals surface area (Å²) in [5, 5.41) is 12.6. The highest BCUT2D eigenvalue weighted by Gasteiger charge is 2.25. The summed E-state index contributed by atoms with van der Waals surface area (Å²) in [7, 11) is 0. The van der Waals surface area contributed by atoms with Gasteiger partial charge in [-0.15, -0.1) is 0 Å². The lowest BCUT2D eigenvalue weighted by molar-refractivity contribution is 0.0923. The van der Waals surface area contributed by atoms with Crippen molar-refractivity contribution in [2.24, 2.45) is 5.92 Å². The van der Waals surface area contributed by atoms with Crippen molar-refractivity contribution in [2.45, 2.75) is 111 Å². The first kappa shape index (κ1) is 26.5. The number of nitrogens with zero attached hydrogens (tertiary/aromatic N) is 1. The van der Waals surface area contributed by atoms with Gasteiger partial charge >= 0.3 is 0 Å². The maximum atomic E-state index is 13.1. The van der Waals surface area contributed by atoms with Crippen LogP contribution in [0.15, 0.2) is 24.3 Å². The smallest absolute Gasteiger partial charge is 0.253 e. The Hall–Kier alpha value is -2.07. The number of carbonyl (C=O) groups excluding carboxylic acids is 1. The number of amides is 1. The van der Waals surface area contributed by atoms with Crippen LogP contribution >= 0.6 is 0 Å². The average molecular weight is 467 g/mol. The van der Waals surface area contributed by atoms with Crippen LogP contribution in [-0.4, -0.2) is 28.2 Å². The first-order valence-corrected chi connectivity index (χ1v) is 13.1. The summed E-state index contributed by atoms with van der Waals surface area (Å²) in [5.74, 6) is 0.546. The minimum Gasteiger partial charge on any atom is -0.392 e. The van der Waals surface area contributed by atoms with E-state index in [1.807, 2.05) is 0 Å². The highest BCUT2D eigenvalue weighted by atomic mass is 16.3. The SMILES string of the molecule is Cc1c(C(=O)NC[C@H](C)O)cc(-c2cc(C(C)(C)C)cc(C(C)(C)C)c2)n1CC1CCCCC1. The predicted molar refractivity (Wildman–Crippen MR) is 143 cm³/mol. The third kappa shape index (κ3) is 6.33. The Kier molecular flexibility index (Phi) is 8.02. The number of carbonyl (C=O) groups is 1. The normalized spacial score (nSPS) is 16.5. The Bertz CT molecular complexity index is 964. The summed E-state index contributed by atoms with van der Waals surface area (Å²) in [5.41, 5.74) is 6.74. The lowest BCUT2D eigenvalue weighted by Gasteiger charge is -2.27. The minimum atomic E-state index is -0.564. The lowest BCUT2D eigenvalue weighted by atomic mass is 9.79. The third-order valence-corrected chi connectivity index (χ3v) is 7.30. The molecular weight excluding hydrogens is 420 g/mol. The zero-order valence-electron chi connectivity index (χ0n) is 22.7. The van der Waals surface area contributed by atoms with Gasteiger partial charge in [0.2, 0.25) is 0 Å². The molecule has 1 saturated carbocycles. The van der Waals surface area contributed by atoms with Crippen LogP contribution in [0.25, 0.3) is 11.3 Å². The molecule has 1 aromatic carbocycles. The van der Waals surface area contributed by atoms with Crippen molar-refractivity contribution in [1.82, 2.24) is 9.88 Å². The van der Waals surface area contributed by atoms with Crippen molar-refractivity contribution in [3.8, 4) is 11.3 Å². The second-order valence-electron chi connectivity index (χ2n) is 12.5. The molecule has 1 aliphatic rings. The molecule has 3 rings (SSSR count). The van der Waals surface area contributed by atoms with Gasteiger partial charge in [-0.05, 0) is 78.3 Å². The highest BCUT2D eigenvalue weighted by molar-refractivity contribution is 5.97. The van der Waals surface area contributed by atoms with E-state index in [-0.39, 0.29) is 23.3 Å². The van der Waals surface area contributed by atoms with Gasteiger partial charge in [-0.2, -0.15) is 0 Å². The molecule has 188 valence electrons. The van der Waals surface area contributed by atoms with Crippen LogP contribution in [-0.2, 0) is 17.4 Å². The summed E-state index contributed by atoms with van der Waals surface area (Å²) in [6.45, 7) is 18.6. The Morgan fingerprint density at radius 3 is 2.06 bits per heavy atom. The maximum absolute atomic E-state index is 13.1. The van der Waals surface area contributed by atoms with Crippen molar-refractivity contribution >= 4 is 5.91 Å². The second-order valence-corrected chi connectivity index (χ2v) is 12.5. The number of aromatic nitrogens is 1. The molecule has 0 radical (unpaired) electrons. The van der Waals surface area contributed by atoms with Crippen LogP contribution in [0.2, 0.25) is 0 Å². The Morgan fingerprint density at radius 2 is 1.56 bits per heavy atom. The second kappa shape index (κ2) is 10.3. The van der Waals surface area contributed by atoms with Gasteiger partial charge in [0.1, 0.15) is 0 Å². The molecule has 0 saturated heterocycles. The average Bonchev–Trinajstić information content (AvgIpc) is 3.07. The predicted octanol–water partition coefficient (Wildman–Crippen LogP) is 6.75. The van der Waals surface area contributed by atoms with E-state index in [2.05, 4.69) is 82.6 Å². The number of aliphatic hydroxyl groups excluding tert-OH is 1. The molecule has 2 aromatic rings. The van der Waals surface area contributed by atoms with Gasteiger partial charge in [0.05, 0.1) is 11.7 Å². The summed E-state index contributed by atoms with van der Waals surface area (Å²) in [6, 6.07) is 9.06. The molecule has 34 heavy (non-hydrogen) atoms. The standard InChI is InChI=1S/C30H46N2O2/c1-20(33)18-31-28(34)26-17-27(32(21(26)2)19-22-12-10-9-11-13-22)23-14-24(29(3,4)5)16-25(15-23)30(6,7)8/h14-17,20,22,33H,9-13,18-19H2,1-8H3,(H,31,34)/t20-/m0/s1. The van der Waals surface area contributed by atoms with E-state index in [1.54, 1.807) is 6.92 Å². The molecule has 4 nitrogen and oxygen atoms in total. The van der Waals surface area contributed by atoms with E-state index in [4.69, 9.17) is 0 Å². The lowest BCUT2D eigenvalue weighted by Crippen LogP contribution is -2.30. The fourth-order valence-electron chi connectivity index (χ4n) is 4.95. The van der Waals surface area contributed by atoms with Crippen molar-refractivity contribution in [3.05, 3.63) is 46.6 Å². The molecular formula is C30H46N2O2. The Morgan fingerprint density at radius 1 is 1.00 bits per heavy atom. The van der Waals surface area contributed by atoms with E-state index < -0.39 is 6.10 Å². The number of aliphatic hydroxyl groups is 1. The Labute approximate surface area is 207 Å². The van der Waals surface area contributed by atoms with Crippen LogP contribution in [0.4, 0.5) is 0 Å². The van der Waals surface area contributed by atoms with Gasteiger partial charge in [0.15, 0.2) is 0 Å². The first-order valence-electron chi connectivity index (χ1n) is 13.1. The maximum Gasteiger partial charge on any atom is 0.253 e. The van der Waals surface area contributed by atoms with Crippen LogP contribution in [0.3, 0.4) is 0 Å². The summed E-state index contributed by atoms with van der Waals surface area (Å²) in [4.78, 5) is 13.1. The molecule has 1 aliphatic carbocycles. The van der Waals surface area contributed by atoms with Crippen molar-refractivity contribution in [2.75, 3.05) is 6.54 Å². The van der Waals surface area contributed by atoms with E-state index in [0.717, 1.165) is 17.9 Å². The van der Waals surface area contributed by atoms with Gasteiger partial charge in [0, 0.05) is 24.5 Å². The number of hydrogen-bond donors (Lipinski definition) is 2. The van der Waals surface area contributed by atoms with Crippen molar-refractivity contribution < 1.29 is 9.90 Å². The Balaban J connectivity index is 2.15. The minimum absolute atomic E-state index is 0.0311. The van der Waals surface area contributed by atoms with Gasteiger partial charge in [-0.1, -0.05) is 66.9 Å². The van der Waals surface area contributed by atoms with Crippen LogP contribution in [0.1, 0.15) is 108 Å².